The van der Waals surface area contributed by atoms with Crippen LogP contribution in [0.2, 0.25) is 5.02 Å². The molecule has 1 N–H and O–H groups in total. The van der Waals surface area contributed by atoms with E-state index in [0.29, 0.717) is 12.1 Å². The van der Waals surface area contributed by atoms with Gasteiger partial charge in [0, 0.05) is 17.7 Å². The van der Waals surface area contributed by atoms with Crippen LogP contribution in [0.3, 0.4) is 0 Å². The Kier molecular flexibility index (Phi) is 4.84. The molecule has 17 heavy (non-hydrogen) atoms. The van der Waals surface area contributed by atoms with Crippen molar-refractivity contribution >= 4 is 11.6 Å². The highest BCUT2D eigenvalue weighted by Crippen LogP contribution is 2.23. The van der Waals surface area contributed by atoms with Gasteiger partial charge in [0.1, 0.15) is 0 Å². The van der Waals surface area contributed by atoms with Gasteiger partial charge < -0.3 is 10.1 Å². The van der Waals surface area contributed by atoms with Crippen molar-refractivity contribution < 1.29 is 4.74 Å². The summed E-state index contributed by atoms with van der Waals surface area (Å²) in [5.74, 6) is 0. The second-order valence-electron chi connectivity index (χ2n) is 4.58. The maximum Gasteiger partial charge on any atom is 0.0604 e. The molecule has 1 aromatic carbocycles. The monoisotopic (exact) mass is 253 g/mol. The average molecular weight is 254 g/mol. The highest BCUT2D eigenvalue weighted by molar-refractivity contribution is 6.30. The molecule has 0 heterocycles. The first kappa shape index (κ1) is 12.9. The van der Waals surface area contributed by atoms with Gasteiger partial charge in [0.2, 0.25) is 0 Å². The number of nitrogens with one attached hydrogen (secondary N) is 1. The Hall–Kier alpha value is -0.570. The lowest BCUT2D eigenvalue weighted by Crippen LogP contribution is -2.46. The highest BCUT2D eigenvalue weighted by Gasteiger charge is 2.28. The Morgan fingerprint density at radius 2 is 2.00 bits per heavy atom. The van der Waals surface area contributed by atoms with Crippen molar-refractivity contribution in [1.29, 1.82) is 0 Å². The maximum absolute atomic E-state index is 5.84. The van der Waals surface area contributed by atoms with Gasteiger partial charge >= 0.3 is 0 Å². The lowest BCUT2D eigenvalue weighted by Gasteiger charge is -2.35. The molecule has 0 aliphatic heterocycles. The first-order valence-corrected chi connectivity index (χ1v) is 6.75. The molecule has 0 atom stereocenters. The van der Waals surface area contributed by atoms with E-state index in [1.54, 1.807) is 0 Å². The van der Waals surface area contributed by atoms with Crippen molar-refractivity contribution in [2.75, 3.05) is 13.2 Å². The Balaban J connectivity index is 1.59. The molecular formula is C14H20ClNO. The van der Waals surface area contributed by atoms with Crippen molar-refractivity contribution in [2.24, 2.45) is 0 Å². The fourth-order valence-electron chi connectivity index (χ4n) is 2.18. The van der Waals surface area contributed by atoms with E-state index in [1.165, 1.54) is 5.56 Å². The van der Waals surface area contributed by atoms with E-state index in [0.717, 1.165) is 37.4 Å². The van der Waals surface area contributed by atoms with E-state index in [1.807, 2.05) is 12.1 Å². The predicted molar refractivity (Wildman–Crippen MR) is 71.6 cm³/mol. The zero-order chi connectivity index (χ0) is 12.1. The van der Waals surface area contributed by atoms with E-state index in [2.05, 4.69) is 24.4 Å². The van der Waals surface area contributed by atoms with Gasteiger partial charge in [-0.25, -0.2) is 0 Å². The average Bonchev–Trinajstić information content (AvgIpc) is 2.28. The smallest absolute Gasteiger partial charge is 0.0604 e. The van der Waals surface area contributed by atoms with E-state index in [-0.39, 0.29) is 0 Å². The molecule has 2 nitrogen and oxygen atoms in total. The minimum atomic E-state index is 0.494. The molecular weight excluding hydrogens is 234 g/mol. The summed E-state index contributed by atoms with van der Waals surface area (Å²) in [6.45, 7) is 3.93. The van der Waals surface area contributed by atoms with Crippen LogP contribution in [0.4, 0.5) is 0 Å². The Morgan fingerprint density at radius 1 is 1.29 bits per heavy atom. The van der Waals surface area contributed by atoms with Gasteiger partial charge in [-0.2, -0.15) is 0 Å². The summed E-state index contributed by atoms with van der Waals surface area (Å²) >= 11 is 5.84. The van der Waals surface area contributed by atoms with Crippen molar-refractivity contribution in [2.45, 2.75) is 38.3 Å². The van der Waals surface area contributed by atoms with Gasteiger partial charge in [-0.05, 0) is 50.4 Å². The largest absolute Gasteiger partial charge is 0.378 e. The molecule has 94 valence electrons. The lowest BCUT2D eigenvalue weighted by molar-refractivity contribution is -0.00960. The molecule has 1 saturated carbocycles. The van der Waals surface area contributed by atoms with Crippen LogP contribution in [0.25, 0.3) is 0 Å². The van der Waals surface area contributed by atoms with Gasteiger partial charge in [-0.3, -0.25) is 0 Å². The van der Waals surface area contributed by atoms with E-state index in [4.69, 9.17) is 16.3 Å². The number of ether oxygens (including phenoxy) is 1. The fourth-order valence-corrected chi connectivity index (χ4v) is 2.30. The van der Waals surface area contributed by atoms with Gasteiger partial charge in [0.25, 0.3) is 0 Å². The molecule has 0 saturated heterocycles. The van der Waals surface area contributed by atoms with Crippen LogP contribution in [0.15, 0.2) is 24.3 Å². The molecule has 0 amide bonds. The van der Waals surface area contributed by atoms with E-state index < -0.39 is 0 Å². The summed E-state index contributed by atoms with van der Waals surface area (Å²) in [5.41, 5.74) is 1.34. The van der Waals surface area contributed by atoms with Crippen LogP contribution >= 0.6 is 11.6 Å². The number of benzene rings is 1. The molecule has 2 rings (SSSR count). The predicted octanol–water partition coefficient (Wildman–Crippen LogP) is 3.04. The van der Waals surface area contributed by atoms with Crippen LogP contribution in [0.5, 0.6) is 0 Å². The molecule has 1 fully saturated rings. The van der Waals surface area contributed by atoms with Crippen molar-refractivity contribution in [3.8, 4) is 0 Å². The summed E-state index contributed by atoms with van der Waals surface area (Å²) in [6, 6.07) is 8.73. The summed E-state index contributed by atoms with van der Waals surface area (Å²) < 4.78 is 5.53. The summed E-state index contributed by atoms with van der Waals surface area (Å²) in [4.78, 5) is 0. The molecule has 0 unspecified atom stereocenters. The molecule has 1 aromatic rings. The van der Waals surface area contributed by atoms with Gasteiger partial charge in [-0.1, -0.05) is 23.7 Å². The van der Waals surface area contributed by atoms with Crippen LogP contribution in [0, 0.1) is 0 Å². The Bertz CT molecular complexity index is 333. The molecule has 3 heteroatoms. The van der Waals surface area contributed by atoms with Gasteiger partial charge in [-0.15, -0.1) is 0 Å². The van der Waals surface area contributed by atoms with Crippen molar-refractivity contribution in [3.63, 3.8) is 0 Å². The van der Waals surface area contributed by atoms with Gasteiger partial charge in [0.15, 0.2) is 0 Å². The maximum atomic E-state index is 5.84. The first-order chi connectivity index (χ1) is 8.28. The third-order valence-electron chi connectivity index (χ3n) is 3.26. The third kappa shape index (κ3) is 3.98. The standard InChI is InChI=1S/C14H20ClNO/c1-2-17-14-9-13(10-14)16-8-7-11-3-5-12(15)6-4-11/h3-6,13-14,16H,2,7-10H2,1H3. The Labute approximate surface area is 108 Å². The first-order valence-electron chi connectivity index (χ1n) is 6.37. The molecule has 0 bridgehead atoms. The van der Waals surface area contributed by atoms with Crippen LogP contribution in [-0.4, -0.2) is 25.3 Å². The number of halogens is 1. The molecule has 1 aliphatic carbocycles. The van der Waals surface area contributed by atoms with Crippen molar-refractivity contribution in [1.82, 2.24) is 5.32 Å². The number of hydrogen-bond acceptors (Lipinski definition) is 2. The third-order valence-corrected chi connectivity index (χ3v) is 3.51. The topological polar surface area (TPSA) is 21.3 Å². The molecule has 0 radical (unpaired) electrons. The summed E-state index contributed by atoms with van der Waals surface area (Å²) in [5, 5.41) is 4.36. The van der Waals surface area contributed by atoms with Crippen LogP contribution in [-0.2, 0) is 11.2 Å². The second kappa shape index (κ2) is 6.39. The zero-order valence-electron chi connectivity index (χ0n) is 10.3. The zero-order valence-corrected chi connectivity index (χ0v) is 11.0. The van der Waals surface area contributed by atoms with Crippen LogP contribution < -0.4 is 5.32 Å². The highest BCUT2D eigenvalue weighted by atomic mass is 35.5. The second-order valence-corrected chi connectivity index (χ2v) is 5.01. The lowest BCUT2D eigenvalue weighted by atomic mass is 9.89. The minimum Gasteiger partial charge on any atom is -0.378 e. The SMILES string of the molecule is CCOC1CC(NCCc2ccc(Cl)cc2)C1. The summed E-state index contributed by atoms with van der Waals surface area (Å²) in [6.07, 6.45) is 3.88. The minimum absolute atomic E-state index is 0.494. The van der Waals surface area contributed by atoms with Crippen molar-refractivity contribution in [3.05, 3.63) is 34.9 Å². The molecule has 0 spiro atoms. The molecule has 1 aliphatic rings. The van der Waals surface area contributed by atoms with E-state index >= 15 is 0 Å². The van der Waals surface area contributed by atoms with Gasteiger partial charge in [0.05, 0.1) is 6.10 Å². The normalized spacial score (nSPS) is 23.4. The summed E-state index contributed by atoms with van der Waals surface area (Å²) in [7, 11) is 0. The molecule has 0 aromatic heterocycles. The quantitative estimate of drug-likeness (QED) is 0.842. The Morgan fingerprint density at radius 3 is 2.65 bits per heavy atom. The van der Waals surface area contributed by atoms with Crippen LogP contribution in [0.1, 0.15) is 25.3 Å². The fraction of sp³-hybridized carbons (Fsp3) is 0.571. The number of rotatable bonds is 6. The van der Waals surface area contributed by atoms with E-state index in [9.17, 15) is 0 Å². The number of hydrogen-bond donors (Lipinski definition) is 1.